The molecule has 0 spiro atoms. The van der Waals surface area contributed by atoms with Crippen LogP contribution in [0.15, 0.2) is 53.4 Å². The van der Waals surface area contributed by atoms with Crippen LogP contribution in [0.2, 0.25) is 10.0 Å². The van der Waals surface area contributed by atoms with E-state index in [1.54, 1.807) is 24.3 Å². The fourth-order valence-corrected chi connectivity index (χ4v) is 3.40. The van der Waals surface area contributed by atoms with Gasteiger partial charge in [-0.3, -0.25) is 4.79 Å². The summed E-state index contributed by atoms with van der Waals surface area (Å²) in [6, 6.07) is 12.6. The van der Waals surface area contributed by atoms with E-state index >= 15 is 0 Å². The van der Waals surface area contributed by atoms with Gasteiger partial charge in [0.15, 0.2) is 0 Å². The molecule has 0 aromatic heterocycles. The van der Waals surface area contributed by atoms with Crippen LogP contribution in [-0.4, -0.2) is 45.4 Å². The van der Waals surface area contributed by atoms with E-state index in [1.165, 1.54) is 31.3 Å². The highest BCUT2D eigenvalue weighted by atomic mass is 35.5. The average Bonchev–Trinajstić information content (AvgIpc) is 2.60. The van der Waals surface area contributed by atoms with Crippen molar-refractivity contribution >= 4 is 39.1 Å². The molecule has 140 valence electrons. The van der Waals surface area contributed by atoms with E-state index in [4.69, 9.17) is 27.9 Å². The summed E-state index contributed by atoms with van der Waals surface area (Å²) >= 11 is 11.5. The molecule has 2 rings (SSSR count). The van der Waals surface area contributed by atoms with Gasteiger partial charge in [-0.25, -0.2) is 8.42 Å². The molecule has 9 heteroatoms. The third-order valence-electron chi connectivity index (χ3n) is 3.39. The van der Waals surface area contributed by atoms with Gasteiger partial charge in [0.2, 0.25) is 15.9 Å². The monoisotopic (exact) mass is 416 g/mol. The Bertz CT molecular complexity index is 840. The van der Waals surface area contributed by atoms with E-state index in [-0.39, 0.29) is 24.6 Å². The second kappa shape index (κ2) is 9.23. The Morgan fingerprint density at radius 1 is 1.04 bits per heavy atom. The van der Waals surface area contributed by atoms with Crippen LogP contribution in [0.4, 0.5) is 0 Å². The lowest BCUT2D eigenvalue weighted by Crippen LogP contribution is -2.39. The van der Waals surface area contributed by atoms with Crippen molar-refractivity contribution in [3.63, 3.8) is 0 Å². The van der Waals surface area contributed by atoms with E-state index in [2.05, 4.69) is 5.32 Å². The first-order valence-corrected chi connectivity index (χ1v) is 9.85. The van der Waals surface area contributed by atoms with E-state index < -0.39 is 15.9 Å². The van der Waals surface area contributed by atoms with Gasteiger partial charge in [-0.1, -0.05) is 23.2 Å². The first-order valence-electron chi connectivity index (χ1n) is 7.66. The highest BCUT2D eigenvalue weighted by Gasteiger charge is 2.22. The minimum atomic E-state index is -3.76. The first-order chi connectivity index (χ1) is 12.3. The Morgan fingerprint density at radius 3 is 2.15 bits per heavy atom. The number of hydrogen-bond acceptors (Lipinski definition) is 4. The zero-order valence-corrected chi connectivity index (χ0v) is 16.3. The van der Waals surface area contributed by atoms with E-state index in [9.17, 15) is 13.2 Å². The molecule has 0 saturated heterocycles. The van der Waals surface area contributed by atoms with Crippen molar-refractivity contribution < 1.29 is 17.9 Å². The highest BCUT2D eigenvalue weighted by Crippen LogP contribution is 2.17. The summed E-state index contributed by atoms with van der Waals surface area (Å²) < 4.78 is 31.2. The smallest absolute Gasteiger partial charge is 0.243 e. The molecule has 2 aromatic rings. The van der Waals surface area contributed by atoms with Crippen molar-refractivity contribution in [2.24, 2.45) is 0 Å². The molecule has 26 heavy (non-hydrogen) atoms. The van der Waals surface area contributed by atoms with E-state index in [0.29, 0.717) is 15.8 Å². The molecule has 0 aliphatic heterocycles. The van der Waals surface area contributed by atoms with Gasteiger partial charge in [-0.15, -0.1) is 0 Å². The Morgan fingerprint density at radius 2 is 1.58 bits per heavy atom. The molecule has 0 aliphatic rings. The molecule has 0 fully saturated rings. The lowest BCUT2D eigenvalue weighted by Gasteiger charge is -2.17. The molecule has 1 N–H and O–H groups in total. The van der Waals surface area contributed by atoms with Gasteiger partial charge in [0.05, 0.1) is 18.0 Å². The summed E-state index contributed by atoms with van der Waals surface area (Å²) in [5.74, 6) is 0.204. The second-order valence-electron chi connectivity index (χ2n) is 5.37. The number of likely N-dealkylation sites (N-methyl/N-ethyl adjacent to an activating group) is 1. The Balaban J connectivity index is 1.79. The first kappa shape index (κ1) is 20.5. The molecule has 0 bridgehead atoms. The Hall–Kier alpha value is -1.80. The number of sulfonamides is 1. The van der Waals surface area contributed by atoms with Crippen molar-refractivity contribution in [2.75, 3.05) is 26.7 Å². The number of carbonyl (C=O) groups is 1. The number of halogens is 2. The van der Waals surface area contributed by atoms with Gasteiger partial charge in [0.1, 0.15) is 12.4 Å². The maximum absolute atomic E-state index is 12.4. The molecule has 0 saturated carbocycles. The number of ether oxygens (including phenoxy) is 1. The summed E-state index contributed by atoms with van der Waals surface area (Å²) in [5, 5.41) is 3.65. The summed E-state index contributed by atoms with van der Waals surface area (Å²) in [6.45, 7) is 0.198. The van der Waals surface area contributed by atoms with Crippen molar-refractivity contribution in [2.45, 2.75) is 4.90 Å². The number of amides is 1. The topological polar surface area (TPSA) is 75.7 Å². The maximum Gasteiger partial charge on any atom is 0.243 e. The number of hydrogen-bond donors (Lipinski definition) is 1. The molecule has 0 unspecified atom stereocenters. The predicted octanol–water partition coefficient (Wildman–Crippen LogP) is 2.81. The van der Waals surface area contributed by atoms with Crippen LogP contribution in [0.5, 0.6) is 5.75 Å². The van der Waals surface area contributed by atoms with Crippen LogP contribution >= 0.6 is 23.2 Å². The van der Waals surface area contributed by atoms with Crippen molar-refractivity contribution in [1.29, 1.82) is 0 Å². The van der Waals surface area contributed by atoms with Crippen LogP contribution in [0.25, 0.3) is 0 Å². The largest absolute Gasteiger partial charge is 0.492 e. The zero-order valence-electron chi connectivity index (χ0n) is 14.0. The third kappa shape index (κ3) is 5.88. The van der Waals surface area contributed by atoms with Crippen LogP contribution < -0.4 is 10.1 Å². The lowest BCUT2D eigenvalue weighted by atomic mass is 10.3. The summed E-state index contributed by atoms with van der Waals surface area (Å²) in [7, 11) is -2.42. The molecular weight excluding hydrogens is 399 g/mol. The summed E-state index contributed by atoms with van der Waals surface area (Å²) in [5.41, 5.74) is 0. The molecule has 1 amide bonds. The fraction of sp³-hybridized carbons (Fsp3) is 0.235. The molecule has 0 atom stereocenters. The molecular formula is C17H18Cl2N2O4S. The number of nitrogens with one attached hydrogen (secondary N) is 1. The maximum atomic E-state index is 12.4. The van der Waals surface area contributed by atoms with Gasteiger partial charge in [0.25, 0.3) is 0 Å². The SMILES string of the molecule is CN(CC(=O)NCCOc1ccc(Cl)cc1)S(=O)(=O)c1ccc(Cl)cc1. The molecule has 0 aliphatic carbocycles. The Kier molecular flexibility index (Phi) is 7.28. The summed E-state index contributed by atoms with van der Waals surface area (Å²) in [6.07, 6.45) is 0. The number of benzene rings is 2. The zero-order chi connectivity index (χ0) is 19.2. The van der Waals surface area contributed by atoms with E-state index in [0.717, 1.165) is 4.31 Å². The molecule has 0 radical (unpaired) electrons. The van der Waals surface area contributed by atoms with Gasteiger partial charge in [0, 0.05) is 17.1 Å². The molecule has 2 aromatic carbocycles. The summed E-state index contributed by atoms with van der Waals surface area (Å²) in [4.78, 5) is 12.0. The fourth-order valence-electron chi connectivity index (χ4n) is 2.02. The van der Waals surface area contributed by atoms with Gasteiger partial charge in [-0.2, -0.15) is 4.31 Å². The normalized spacial score (nSPS) is 11.4. The predicted molar refractivity (Wildman–Crippen MR) is 101 cm³/mol. The third-order valence-corrected chi connectivity index (χ3v) is 5.72. The minimum absolute atomic E-state index is 0.0725. The average molecular weight is 417 g/mol. The van der Waals surface area contributed by atoms with Crippen LogP contribution in [0.3, 0.4) is 0 Å². The number of rotatable bonds is 8. The van der Waals surface area contributed by atoms with Crippen molar-refractivity contribution in [3.05, 3.63) is 58.6 Å². The quantitative estimate of drug-likeness (QED) is 0.671. The van der Waals surface area contributed by atoms with Gasteiger partial charge < -0.3 is 10.1 Å². The number of carbonyl (C=O) groups excluding carboxylic acids is 1. The van der Waals surface area contributed by atoms with Gasteiger partial charge in [-0.05, 0) is 48.5 Å². The van der Waals surface area contributed by atoms with Crippen molar-refractivity contribution in [3.8, 4) is 5.75 Å². The van der Waals surface area contributed by atoms with Crippen molar-refractivity contribution in [1.82, 2.24) is 9.62 Å². The van der Waals surface area contributed by atoms with Gasteiger partial charge >= 0.3 is 0 Å². The Labute approximate surface area is 162 Å². The second-order valence-corrected chi connectivity index (χ2v) is 8.29. The molecule has 6 nitrogen and oxygen atoms in total. The van der Waals surface area contributed by atoms with Crippen LogP contribution in [-0.2, 0) is 14.8 Å². The minimum Gasteiger partial charge on any atom is -0.492 e. The highest BCUT2D eigenvalue weighted by molar-refractivity contribution is 7.89. The van der Waals surface area contributed by atoms with E-state index in [1.807, 2.05) is 0 Å². The standard InChI is InChI=1S/C17H18Cl2N2O4S/c1-21(26(23,24)16-8-4-14(19)5-9-16)12-17(22)20-10-11-25-15-6-2-13(18)3-7-15/h2-9H,10-12H2,1H3,(H,20,22). The van der Waals surface area contributed by atoms with Crippen LogP contribution in [0, 0.1) is 0 Å². The number of nitrogens with zero attached hydrogens (tertiary/aromatic N) is 1. The lowest BCUT2D eigenvalue weighted by molar-refractivity contribution is -0.121. The van der Waals surface area contributed by atoms with Crippen LogP contribution in [0.1, 0.15) is 0 Å². The molecule has 0 heterocycles.